The summed E-state index contributed by atoms with van der Waals surface area (Å²) in [6, 6.07) is 7.19. The van der Waals surface area contributed by atoms with E-state index in [1.165, 1.54) is 0 Å². The zero-order valence-corrected chi connectivity index (χ0v) is 8.03. The minimum Gasteiger partial charge on any atom is -0.477 e. The minimum atomic E-state index is -0.963. The summed E-state index contributed by atoms with van der Waals surface area (Å²) in [5.74, 6) is -0.963. The molecular formula is C11H11NO3. The van der Waals surface area contributed by atoms with E-state index in [1.54, 1.807) is 6.07 Å². The summed E-state index contributed by atoms with van der Waals surface area (Å²) in [5, 5.41) is 18.4. The molecule has 1 aromatic carbocycles. The van der Waals surface area contributed by atoms with Crippen LogP contribution in [-0.4, -0.2) is 27.8 Å². The molecule has 1 aromatic heterocycles. The number of aliphatic hydroxyl groups excluding tert-OH is 1. The number of hydrogen-bond donors (Lipinski definition) is 3. The smallest absolute Gasteiger partial charge is 0.352 e. The molecule has 15 heavy (non-hydrogen) atoms. The van der Waals surface area contributed by atoms with Gasteiger partial charge in [0.1, 0.15) is 5.69 Å². The Hall–Kier alpha value is -1.81. The Labute approximate surface area is 86.2 Å². The number of carboxylic acids is 1. The van der Waals surface area contributed by atoms with Gasteiger partial charge in [0.25, 0.3) is 0 Å². The Morgan fingerprint density at radius 3 is 2.80 bits per heavy atom. The summed E-state index contributed by atoms with van der Waals surface area (Å²) in [7, 11) is 0. The van der Waals surface area contributed by atoms with Crippen LogP contribution in [0.4, 0.5) is 0 Å². The summed E-state index contributed by atoms with van der Waals surface area (Å²) in [5.41, 5.74) is 1.97. The van der Waals surface area contributed by atoms with Crippen molar-refractivity contribution in [3.05, 3.63) is 35.5 Å². The summed E-state index contributed by atoms with van der Waals surface area (Å²) in [6.45, 7) is 0.0952. The molecule has 0 unspecified atom stereocenters. The lowest BCUT2D eigenvalue weighted by Crippen LogP contribution is -1.94. The molecule has 0 fully saturated rings. The van der Waals surface area contributed by atoms with Crippen LogP contribution in [0.5, 0.6) is 0 Å². The zero-order valence-electron chi connectivity index (χ0n) is 8.03. The first-order valence-electron chi connectivity index (χ1n) is 4.66. The number of benzene rings is 1. The fourth-order valence-electron chi connectivity index (χ4n) is 1.57. The van der Waals surface area contributed by atoms with Crippen molar-refractivity contribution >= 4 is 16.9 Å². The van der Waals surface area contributed by atoms with Gasteiger partial charge in [-0.3, -0.25) is 0 Å². The van der Waals surface area contributed by atoms with E-state index in [-0.39, 0.29) is 12.3 Å². The number of aromatic amines is 1. The van der Waals surface area contributed by atoms with E-state index in [4.69, 9.17) is 10.2 Å². The van der Waals surface area contributed by atoms with Crippen molar-refractivity contribution in [1.82, 2.24) is 4.98 Å². The molecular weight excluding hydrogens is 194 g/mol. The van der Waals surface area contributed by atoms with E-state index in [0.717, 1.165) is 16.5 Å². The Bertz CT molecular complexity index is 502. The van der Waals surface area contributed by atoms with Crippen LogP contribution in [0.3, 0.4) is 0 Å². The largest absolute Gasteiger partial charge is 0.477 e. The van der Waals surface area contributed by atoms with Gasteiger partial charge in [-0.25, -0.2) is 4.79 Å². The topological polar surface area (TPSA) is 73.3 Å². The lowest BCUT2D eigenvalue weighted by Gasteiger charge is -1.97. The Morgan fingerprint density at radius 1 is 1.33 bits per heavy atom. The van der Waals surface area contributed by atoms with Crippen LogP contribution in [-0.2, 0) is 6.42 Å². The third-order valence-corrected chi connectivity index (χ3v) is 2.32. The number of aromatic nitrogens is 1. The average molecular weight is 205 g/mol. The van der Waals surface area contributed by atoms with Gasteiger partial charge in [0.15, 0.2) is 0 Å². The second-order valence-corrected chi connectivity index (χ2v) is 3.38. The molecule has 1 heterocycles. The van der Waals surface area contributed by atoms with Gasteiger partial charge in [-0.1, -0.05) is 12.1 Å². The quantitative estimate of drug-likeness (QED) is 0.709. The average Bonchev–Trinajstić information content (AvgIpc) is 2.61. The highest BCUT2D eigenvalue weighted by atomic mass is 16.4. The molecule has 0 radical (unpaired) electrons. The SMILES string of the molecule is O=C(O)c1cc2ccc(CCO)cc2[nH]1. The van der Waals surface area contributed by atoms with Crippen LogP contribution in [0.1, 0.15) is 16.1 Å². The highest BCUT2D eigenvalue weighted by Gasteiger charge is 2.07. The second-order valence-electron chi connectivity index (χ2n) is 3.38. The molecule has 78 valence electrons. The van der Waals surface area contributed by atoms with Crippen LogP contribution in [0.2, 0.25) is 0 Å². The predicted octanol–water partition coefficient (Wildman–Crippen LogP) is 1.40. The molecule has 0 atom stereocenters. The van der Waals surface area contributed by atoms with E-state index < -0.39 is 5.97 Å². The van der Waals surface area contributed by atoms with Crippen molar-refractivity contribution in [1.29, 1.82) is 0 Å². The van der Waals surface area contributed by atoms with E-state index in [9.17, 15) is 4.79 Å². The molecule has 2 rings (SSSR count). The Kier molecular flexibility index (Phi) is 2.43. The maximum absolute atomic E-state index is 10.7. The molecule has 4 nitrogen and oxygen atoms in total. The number of hydrogen-bond acceptors (Lipinski definition) is 2. The standard InChI is InChI=1S/C11H11NO3/c13-4-3-7-1-2-8-6-10(11(14)15)12-9(8)5-7/h1-2,5-6,12-13H,3-4H2,(H,14,15). The highest BCUT2D eigenvalue weighted by molar-refractivity contribution is 5.93. The van der Waals surface area contributed by atoms with Gasteiger partial charge < -0.3 is 15.2 Å². The molecule has 2 aromatic rings. The molecule has 4 heteroatoms. The molecule has 0 saturated carbocycles. The van der Waals surface area contributed by atoms with Crippen molar-refractivity contribution < 1.29 is 15.0 Å². The molecule has 0 aliphatic heterocycles. The van der Waals surface area contributed by atoms with E-state index >= 15 is 0 Å². The van der Waals surface area contributed by atoms with Gasteiger partial charge in [0.05, 0.1) is 0 Å². The number of rotatable bonds is 3. The minimum absolute atomic E-state index is 0.0952. The monoisotopic (exact) mass is 205 g/mol. The lowest BCUT2D eigenvalue weighted by molar-refractivity contribution is 0.0691. The number of H-pyrrole nitrogens is 1. The fraction of sp³-hybridized carbons (Fsp3) is 0.182. The van der Waals surface area contributed by atoms with Gasteiger partial charge >= 0.3 is 5.97 Å². The van der Waals surface area contributed by atoms with E-state index in [1.807, 2.05) is 18.2 Å². The molecule has 0 bridgehead atoms. The third-order valence-electron chi connectivity index (χ3n) is 2.32. The highest BCUT2D eigenvalue weighted by Crippen LogP contribution is 2.17. The number of carboxylic acid groups (broad SMARTS) is 1. The molecule has 0 aliphatic rings. The number of nitrogens with one attached hydrogen (secondary N) is 1. The summed E-state index contributed by atoms with van der Waals surface area (Å²) < 4.78 is 0. The number of aromatic carboxylic acids is 1. The first-order valence-corrected chi connectivity index (χ1v) is 4.66. The normalized spacial score (nSPS) is 10.7. The van der Waals surface area contributed by atoms with Crippen molar-refractivity contribution in [2.24, 2.45) is 0 Å². The maximum Gasteiger partial charge on any atom is 0.352 e. The lowest BCUT2D eigenvalue weighted by atomic mass is 10.1. The van der Waals surface area contributed by atoms with Gasteiger partial charge in [-0.05, 0) is 24.1 Å². The second kappa shape index (κ2) is 3.74. The molecule has 0 aliphatic carbocycles. The number of aliphatic hydroxyl groups is 1. The Morgan fingerprint density at radius 2 is 2.13 bits per heavy atom. The maximum atomic E-state index is 10.7. The van der Waals surface area contributed by atoms with Gasteiger partial charge in [0.2, 0.25) is 0 Å². The molecule has 3 N–H and O–H groups in total. The van der Waals surface area contributed by atoms with Crippen LogP contribution < -0.4 is 0 Å². The Balaban J connectivity index is 2.47. The van der Waals surface area contributed by atoms with Gasteiger partial charge in [-0.2, -0.15) is 0 Å². The first-order chi connectivity index (χ1) is 7.20. The predicted molar refractivity (Wildman–Crippen MR) is 56.0 cm³/mol. The summed E-state index contributed by atoms with van der Waals surface area (Å²) in [4.78, 5) is 13.5. The molecule has 0 amide bonds. The molecule has 0 saturated heterocycles. The van der Waals surface area contributed by atoms with Crippen molar-refractivity contribution in [3.8, 4) is 0 Å². The van der Waals surface area contributed by atoms with Crippen molar-refractivity contribution in [2.45, 2.75) is 6.42 Å². The van der Waals surface area contributed by atoms with Crippen LogP contribution in [0, 0.1) is 0 Å². The fourth-order valence-corrected chi connectivity index (χ4v) is 1.57. The summed E-state index contributed by atoms with van der Waals surface area (Å²) in [6.07, 6.45) is 0.581. The molecule has 0 spiro atoms. The zero-order chi connectivity index (χ0) is 10.8. The van der Waals surface area contributed by atoms with E-state index in [2.05, 4.69) is 4.98 Å². The van der Waals surface area contributed by atoms with Crippen LogP contribution in [0.25, 0.3) is 10.9 Å². The summed E-state index contributed by atoms with van der Waals surface area (Å²) >= 11 is 0. The van der Waals surface area contributed by atoms with Gasteiger partial charge in [0, 0.05) is 17.5 Å². The van der Waals surface area contributed by atoms with Crippen LogP contribution >= 0.6 is 0 Å². The van der Waals surface area contributed by atoms with Gasteiger partial charge in [-0.15, -0.1) is 0 Å². The van der Waals surface area contributed by atoms with Crippen molar-refractivity contribution in [3.63, 3.8) is 0 Å². The van der Waals surface area contributed by atoms with E-state index in [0.29, 0.717) is 6.42 Å². The van der Waals surface area contributed by atoms with Crippen LogP contribution in [0.15, 0.2) is 24.3 Å². The number of fused-ring (bicyclic) bond motifs is 1. The third kappa shape index (κ3) is 1.85. The number of carbonyl (C=O) groups is 1. The first kappa shape index (κ1) is 9.73. The van der Waals surface area contributed by atoms with Crippen molar-refractivity contribution in [2.75, 3.05) is 6.61 Å².